The summed E-state index contributed by atoms with van der Waals surface area (Å²) in [6, 6.07) is 0. The SMILES string of the molecule is CC(C)(C1C=Cc2nonc2C1=[N+]([O-])[O-])[N+](=O)[O-].[K+]. The molecule has 1 unspecified atom stereocenters. The molecule has 10 heteroatoms. The third kappa shape index (κ3) is 2.72. The van der Waals surface area contributed by atoms with E-state index in [1.807, 2.05) is 0 Å². The Bertz CT molecular complexity index is 561. The first kappa shape index (κ1) is 16.2. The molecular weight excluding hydrogens is 283 g/mol. The van der Waals surface area contributed by atoms with E-state index in [1.165, 1.54) is 26.0 Å². The Balaban J connectivity index is 0.00000180. The van der Waals surface area contributed by atoms with Crippen molar-refractivity contribution >= 4 is 11.8 Å². The van der Waals surface area contributed by atoms with Crippen molar-refractivity contribution in [2.45, 2.75) is 19.4 Å². The second kappa shape index (κ2) is 5.67. The first-order chi connectivity index (χ1) is 8.35. The maximum absolute atomic E-state index is 11.1. The predicted octanol–water partition coefficient (Wildman–Crippen LogP) is -2.43. The monoisotopic (exact) mass is 292 g/mol. The van der Waals surface area contributed by atoms with Crippen LogP contribution in [0.15, 0.2) is 10.7 Å². The number of aromatic nitrogens is 2. The van der Waals surface area contributed by atoms with Crippen LogP contribution in [0.5, 0.6) is 0 Å². The van der Waals surface area contributed by atoms with Crippen LogP contribution in [-0.4, -0.2) is 31.4 Å². The number of nitrogens with zero attached hydrogens (tertiary/aromatic N) is 4. The van der Waals surface area contributed by atoms with Gasteiger partial charge in [0, 0.05) is 18.8 Å². The Morgan fingerprint density at radius 2 is 1.95 bits per heavy atom. The van der Waals surface area contributed by atoms with Gasteiger partial charge in [-0.3, -0.25) is 10.1 Å². The first-order valence-electron chi connectivity index (χ1n) is 5.02. The van der Waals surface area contributed by atoms with Gasteiger partial charge in [0.2, 0.25) is 16.9 Å². The van der Waals surface area contributed by atoms with E-state index in [2.05, 4.69) is 14.9 Å². The number of nitro groups is 1. The normalized spacial score (nSPS) is 17.6. The number of rotatable bonds is 2. The van der Waals surface area contributed by atoms with Crippen molar-refractivity contribution in [2.24, 2.45) is 5.92 Å². The van der Waals surface area contributed by atoms with Gasteiger partial charge in [0.05, 0.1) is 0 Å². The molecule has 0 radical (unpaired) electrons. The molecule has 0 fully saturated rings. The van der Waals surface area contributed by atoms with E-state index in [-0.39, 0.29) is 68.5 Å². The minimum atomic E-state index is -1.52. The predicted molar refractivity (Wildman–Crippen MR) is 59.0 cm³/mol. The largest absolute Gasteiger partial charge is 1.00 e. The molecule has 0 saturated carbocycles. The van der Waals surface area contributed by atoms with Crippen LogP contribution >= 0.6 is 0 Å². The minimum absolute atomic E-state index is 0. The fourth-order valence-electron chi connectivity index (χ4n) is 1.79. The summed E-state index contributed by atoms with van der Waals surface area (Å²) in [5.41, 5.74) is -1.73. The van der Waals surface area contributed by atoms with Crippen molar-refractivity contribution in [2.75, 3.05) is 0 Å². The molecule has 0 aromatic carbocycles. The van der Waals surface area contributed by atoms with Gasteiger partial charge in [-0.2, -0.15) is 4.90 Å². The first-order valence-corrected chi connectivity index (χ1v) is 5.02. The standard InChI is InChI=1S/C9H9N4O5.K/c1-9(2,13(16)17)5-3-4-6-7(11-18-10-6)8(5)12(14)15;/h3-5H,1-2H3;/q-1;+1. The van der Waals surface area contributed by atoms with Crippen LogP contribution in [0.4, 0.5) is 0 Å². The molecule has 0 amide bonds. The van der Waals surface area contributed by atoms with Crippen LogP contribution in [0, 0.1) is 26.4 Å². The molecule has 9 nitrogen and oxygen atoms in total. The second-order valence-corrected chi connectivity index (χ2v) is 4.39. The Hall–Kier alpha value is -0.814. The van der Waals surface area contributed by atoms with Gasteiger partial charge in [0.25, 0.3) is 0 Å². The summed E-state index contributed by atoms with van der Waals surface area (Å²) in [6.07, 6.45) is 2.82. The molecule has 0 bridgehead atoms. The van der Waals surface area contributed by atoms with Crippen LogP contribution in [0.1, 0.15) is 25.2 Å². The van der Waals surface area contributed by atoms with Crippen LogP contribution in [0.3, 0.4) is 0 Å². The van der Waals surface area contributed by atoms with Crippen molar-refractivity contribution in [3.63, 3.8) is 0 Å². The van der Waals surface area contributed by atoms with Crippen LogP contribution in [0.2, 0.25) is 0 Å². The van der Waals surface area contributed by atoms with E-state index in [0.29, 0.717) is 0 Å². The second-order valence-electron chi connectivity index (χ2n) is 4.39. The Morgan fingerprint density at radius 3 is 2.47 bits per heavy atom. The molecule has 0 saturated heterocycles. The summed E-state index contributed by atoms with van der Waals surface area (Å²) in [4.78, 5) is 9.79. The quantitative estimate of drug-likeness (QED) is 0.256. The van der Waals surface area contributed by atoms with Crippen LogP contribution in [0.25, 0.3) is 6.08 Å². The van der Waals surface area contributed by atoms with E-state index in [9.17, 15) is 20.5 Å². The van der Waals surface area contributed by atoms with Crippen LogP contribution < -0.4 is 51.4 Å². The third-order valence-corrected chi connectivity index (χ3v) is 2.93. The van der Waals surface area contributed by atoms with Crippen molar-refractivity contribution in [3.05, 3.63) is 38.0 Å². The maximum Gasteiger partial charge on any atom is 1.00 e. The summed E-state index contributed by atoms with van der Waals surface area (Å²) in [5, 5.41) is 40.1. The summed E-state index contributed by atoms with van der Waals surface area (Å²) < 4.78 is 4.42. The fraction of sp³-hybridized carbons (Fsp3) is 0.444. The molecule has 1 atom stereocenters. The minimum Gasteiger partial charge on any atom is -0.612 e. The number of hydrogen-bond acceptors (Lipinski definition) is 7. The number of hydrogen-bond donors (Lipinski definition) is 0. The van der Waals surface area contributed by atoms with Crippen molar-refractivity contribution < 1.29 is 65.8 Å². The van der Waals surface area contributed by atoms with E-state index >= 15 is 0 Å². The molecular formula is C9H9KN4O5. The summed E-state index contributed by atoms with van der Waals surface area (Å²) in [5.74, 6) is -0.998. The van der Waals surface area contributed by atoms with Gasteiger partial charge < -0.3 is 10.4 Å². The Morgan fingerprint density at radius 1 is 1.32 bits per heavy atom. The average Bonchev–Trinajstić information content (AvgIpc) is 2.74. The number of fused-ring (bicyclic) bond motifs is 1. The molecule has 1 aromatic heterocycles. The van der Waals surface area contributed by atoms with Gasteiger partial charge >= 0.3 is 51.4 Å². The molecule has 1 aromatic rings. The molecule has 0 spiro atoms. The van der Waals surface area contributed by atoms with E-state index < -0.39 is 21.3 Å². The van der Waals surface area contributed by atoms with E-state index in [0.717, 1.165) is 0 Å². The molecule has 0 aliphatic heterocycles. The topological polar surface area (TPSA) is 131 Å². The van der Waals surface area contributed by atoms with Gasteiger partial charge in [-0.1, -0.05) is 6.08 Å². The summed E-state index contributed by atoms with van der Waals surface area (Å²) >= 11 is 0. The van der Waals surface area contributed by atoms with Gasteiger partial charge in [-0.25, -0.2) is 4.63 Å². The molecule has 2 rings (SSSR count). The molecule has 19 heavy (non-hydrogen) atoms. The molecule has 0 N–H and O–H groups in total. The fourth-order valence-corrected chi connectivity index (χ4v) is 1.79. The van der Waals surface area contributed by atoms with Crippen LogP contribution in [-0.2, 0) is 0 Å². The van der Waals surface area contributed by atoms with Gasteiger partial charge in [-0.15, -0.1) is 0 Å². The molecule has 1 aliphatic carbocycles. The average molecular weight is 292 g/mol. The van der Waals surface area contributed by atoms with Gasteiger partial charge in [0.1, 0.15) is 11.6 Å². The third-order valence-electron chi connectivity index (χ3n) is 2.93. The Kier molecular flexibility index (Phi) is 4.84. The summed E-state index contributed by atoms with van der Waals surface area (Å²) in [7, 11) is 0. The van der Waals surface area contributed by atoms with Gasteiger partial charge in [0.15, 0.2) is 0 Å². The zero-order valence-corrected chi connectivity index (χ0v) is 13.7. The van der Waals surface area contributed by atoms with E-state index in [4.69, 9.17) is 0 Å². The van der Waals surface area contributed by atoms with Gasteiger partial charge in [-0.05, 0) is 16.4 Å². The van der Waals surface area contributed by atoms with E-state index in [1.54, 1.807) is 0 Å². The Labute approximate surface area is 150 Å². The van der Waals surface area contributed by atoms with Crippen molar-refractivity contribution in [3.8, 4) is 0 Å². The maximum atomic E-state index is 11.1. The molecule has 1 heterocycles. The smallest absolute Gasteiger partial charge is 0.612 e. The van der Waals surface area contributed by atoms with Crippen molar-refractivity contribution in [1.29, 1.82) is 0 Å². The zero-order valence-electron chi connectivity index (χ0n) is 10.6. The zero-order chi connectivity index (χ0) is 13.5. The summed E-state index contributed by atoms with van der Waals surface area (Å²) in [6.45, 7) is 2.65. The molecule has 96 valence electrons. The molecule has 1 aliphatic rings. The van der Waals surface area contributed by atoms with Crippen molar-refractivity contribution in [1.82, 2.24) is 10.3 Å².